The molecule has 0 aliphatic carbocycles. The molecule has 0 bridgehead atoms. The van der Waals surface area contributed by atoms with Crippen LogP contribution in [0.5, 0.6) is 0 Å². The molecular weight excluding hydrogens is 210 g/mol. The third kappa shape index (κ3) is 3.83. The van der Waals surface area contributed by atoms with Crippen molar-refractivity contribution in [2.75, 3.05) is 20.8 Å². The van der Waals surface area contributed by atoms with Gasteiger partial charge in [0.1, 0.15) is 0 Å². The maximum atomic E-state index is 5.33. The maximum absolute atomic E-state index is 5.33. The Labute approximate surface area is 105 Å². The van der Waals surface area contributed by atoms with Crippen LogP contribution in [0, 0.1) is 5.92 Å². The van der Waals surface area contributed by atoms with Crippen molar-refractivity contribution in [1.29, 1.82) is 0 Å². The summed E-state index contributed by atoms with van der Waals surface area (Å²) in [6.07, 6.45) is 1.18. The molecule has 0 radical (unpaired) electrons. The van der Waals surface area contributed by atoms with Gasteiger partial charge in [-0.3, -0.25) is 0 Å². The zero-order valence-electron chi connectivity index (χ0n) is 11.4. The van der Waals surface area contributed by atoms with Crippen molar-refractivity contribution >= 4 is 0 Å². The standard InChI is InChI=1S/C15H25NO/c1-5-12(2)15(14(16-3)11-17-4)13-9-7-6-8-10-13/h6-10,12,14-16H,5,11H2,1-4H3. The third-order valence-corrected chi connectivity index (χ3v) is 3.59. The Morgan fingerprint density at radius 3 is 2.35 bits per heavy atom. The van der Waals surface area contributed by atoms with E-state index in [-0.39, 0.29) is 0 Å². The summed E-state index contributed by atoms with van der Waals surface area (Å²) in [5.41, 5.74) is 1.40. The summed E-state index contributed by atoms with van der Waals surface area (Å²) in [4.78, 5) is 0. The van der Waals surface area contributed by atoms with E-state index in [4.69, 9.17) is 4.74 Å². The van der Waals surface area contributed by atoms with E-state index in [0.29, 0.717) is 17.9 Å². The molecule has 0 fully saturated rings. The van der Waals surface area contributed by atoms with Gasteiger partial charge in [0.25, 0.3) is 0 Å². The lowest BCUT2D eigenvalue weighted by Crippen LogP contribution is -2.39. The van der Waals surface area contributed by atoms with Gasteiger partial charge in [0.2, 0.25) is 0 Å². The van der Waals surface area contributed by atoms with Crippen molar-refractivity contribution in [3.8, 4) is 0 Å². The first-order valence-electron chi connectivity index (χ1n) is 6.45. The van der Waals surface area contributed by atoms with Crippen molar-refractivity contribution in [2.45, 2.75) is 32.2 Å². The number of benzene rings is 1. The maximum Gasteiger partial charge on any atom is 0.0621 e. The normalized spacial score (nSPS) is 16.5. The first kappa shape index (κ1) is 14.2. The lowest BCUT2D eigenvalue weighted by molar-refractivity contribution is 0.146. The second kappa shape index (κ2) is 7.46. The Bertz CT molecular complexity index is 299. The van der Waals surface area contributed by atoms with E-state index < -0.39 is 0 Å². The van der Waals surface area contributed by atoms with E-state index >= 15 is 0 Å². The average Bonchev–Trinajstić information content (AvgIpc) is 2.39. The minimum atomic E-state index is 0.373. The van der Waals surface area contributed by atoms with Crippen molar-refractivity contribution in [2.24, 2.45) is 5.92 Å². The monoisotopic (exact) mass is 235 g/mol. The van der Waals surface area contributed by atoms with Crippen molar-refractivity contribution in [3.05, 3.63) is 35.9 Å². The summed E-state index contributed by atoms with van der Waals surface area (Å²) in [6.45, 7) is 5.32. The third-order valence-electron chi connectivity index (χ3n) is 3.59. The van der Waals surface area contributed by atoms with Crippen LogP contribution in [0.3, 0.4) is 0 Å². The molecule has 0 aromatic heterocycles. The van der Waals surface area contributed by atoms with Gasteiger partial charge in [-0.15, -0.1) is 0 Å². The van der Waals surface area contributed by atoms with Gasteiger partial charge >= 0.3 is 0 Å². The Morgan fingerprint density at radius 1 is 1.24 bits per heavy atom. The molecule has 2 nitrogen and oxygen atoms in total. The molecule has 2 heteroatoms. The summed E-state index contributed by atoms with van der Waals surface area (Å²) >= 11 is 0. The SMILES string of the molecule is CCC(C)C(c1ccccc1)C(COC)NC. The zero-order valence-corrected chi connectivity index (χ0v) is 11.4. The van der Waals surface area contributed by atoms with Crippen LogP contribution in [0.4, 0.5) is 0 Å². The number of ether oxygens (including phenoxy) is 1. The van der Waals surface area contributed by atoms with E-state index in [0.717, 1.165) is 6.61 Å². The molecule has 96 valence electrons. The van der Waals surface area contributed by atoms with Gasteiger partial charge in [0.15, 0.2) is 0 Å². The highest BCUT2D eigenvalue weighted by atomic mass is 16.5. The number of methoxy groups -OCH3 is 1. The molecule has 0 heterocycles. The summed E-state index contributed by atoms with van der Waals surface area (Å²) in [5.74, 6) is 1.15. The summed E-state index contributed by atoms with van der Waals surface area (Å²) in [6, 6.07) is 11.1. The number of hydrogen-bond acceptors (Lipinski definition) is 2. The highest BCUT2D eigenvalue weighted by molar-refractivity contribution is 5.22. The van der Waals surface area contributed by atoms with Crippen LogP contribution < -0.4 is 5.32 Å². The summed E-state index contributed by atoms with van der Waals surface area (Å²) in [5, 5.41) is 3.39. The van der Waals surface area contributed by atoms with E-state index in [1.807, 2.05) is 7.05 Å². The molecule has 0 saturated carbocycles. The molecule has 0 aliphatic rings. The van der Waals surface area contributed by atoms with Crippen LogP contribution in [-0.4, -0.2) is 26.8 Å². The first-order chi connectivity index (χ1) is 8.24. The molecule has 3 atom stereocenters. The molecule has 0 saturated heterocycles. The first-order valence-corrected chi connectivity index (χ1v) is 6.45. The van der Waals surface area contributed by atoms with Crippen molar-refractivity contribution in [1.82, 2.24) is 5.32 Å². The van der Waals surface area contributed by atoms with Crippen LogP contribution in [0.15, 0.2) is 30.3 Å². The minimum Gasteiger partial charge on any atom is -0.383 e. The summed E-state index contributed by atoms with van der Waals surface area (Å²) < 4.78 is 5.33. The molecule has 0 aliphatic heterocycles. The smallest absolute Gasteiger partial charge is 0.0621 e. The van der Waals surface area contributed by atoms with E-state index in [1.165, 1.54) is 12.0 Å². The Kier molecular flexibility index (Phi) is 6.23. The number of hydrogen-bond donors (Lipinski definition) is 1. The van der Waals surface area contributed by atoms with Gasteiger partial charge in [-0.2, -0.15) is 0 Å². The fourth-order valence-corrected chi connectivity index (χ4v) is 2.43. The zero-order chi connectivity index (χ0) is 12.7. The highest BCUT2D eigenvalue weighted by Gasteiger charge is 2.26. The topological polar surface area (TPSA) is 21.3 Å². The molecule has 1 rings (SSSR count). The second-order valence-corrected chi connectivity index (χ2v) is 4.67. The van der Waals surface area contributed by atoms with Crippen molar-refractivity contribution in [3.63, 3.8) is 0 Å². The molecule has 1 aromatic carbocycles. The molecular formula is C15H25NO. The Morgan fingerprint density at radius 2 is 1.88 bits per heavy atom. The van der Waals surface area contributed by atoms with Gasteiger partial charge in [-0.05, 0) is 18.5 Å². The quantitative estimate of drug-likeness (QED) is 0.784. The fraction of sp³-hybridized carbons (Fsp3) is 0.600. The molecule has 17 heavy (non-hydrogen) atoms. The largest absolute Gasteiger partial charge is 0.383 e. The lowest BCUT2D eigenvalue weighted by atomic mass is 9.80. The lowest BCUT2D eigenvalue weighted by Gasteiger charge is -2.31. The molecule has 0 spiro atoms. The number of likely N-dealkylation sites (N-methyl/N-ethyl adjacent to an activating group) is 1. The second-order valence-electron chi connectivity index (χ2n) is 4.67. The predicted octanol–water partition coefficient (Wildman–Crippen LogP) is 3.05. The van der Waals surface area contributed by atoms with Gasteiger partial charge in [-0.25, -0.2) is 0 Å². The Hall–Kier alpha value is -0.860. The van der Waals surface area contributed by atoms with Crippen LogP contribution in [0.25, 0.3) is 0 Å². The van der Waals surface area contributed by atoms with E-state index in [2.05, 4.69) is 49.5 Å². The number of rotatable bonds is 7. The van der Waals surface area contributed by atoms with Crippen LogP contribution in [-0.2, 0) is 4.74 Å². The van der Waals surface area contributed by atoms with Crippen LogP contribution in [0.1, 0.15) is 31.7 Å². The van der Waals surface area contributed by atoms with Gasteiger partial charge in [0, 0.05) is 19.1 Å². The van der Waals surface area contributed by atoms with Crippen LogP contribution >= 0.6 is 0 Å². The van der Waals surface area contributed by atoms with Gasteiger partial charge in [-0.1, -0.05) is 50.6 Å². The molecule has 3 unspecified atom stereocenters. The average molecular weight is 235 g/mol. The molecule has 1 aromatic rings. The minimum absolute atomic E-state index is 0.373. The fourth-order valence-electron chi connectivity index (χ4n) is 2.43. The van der Waals surface area contributed by atoms with Crippen molar-refractivity contribution < 1.29 is 4.74 Å². The number of nitrogens with one attached hydrogen (secondary N) is 1. The van der Waals surface area contributed by atoms with Crippen LogP contribution in [0.2, 0.25) is 0 Å². The van der Waals surface area contributed by atoms with E-state index in [1.54, 1.807) is 7.11 Å². The van der Waals surface area contributed by atoms with E-state index in [9.17, 15) is 0 Å². The predicted molar refractivity (Wildman–Crippen MR) is 73.4 cm³/mol. The highest BCUT2D eigenvalue weighted by Crippen LogP contribution is 2.30. The molecule has 0 amide bonds. The molecule has 1 N–H and O–H groups in total. The van der Waals surface area contributed by atoms with Gasteiger partial charge in [0.05, 0.1) is 6.61 Å². The summed E-state index contributed by atoms with van der Waals surface area (Å²) in [7, 11) is 3.78. The Balaban J connectivity index is 2.94. The van der Waals surface area contributed by atoms with Gasteiger partial charge < -0.3 is 10.1 Å².